The van der Waals surface area contributed by atoms with Crippen LogP contribution in [-0.2, 0) is 0 Å². The Morgan fingerprint density at radius 2 is 0.917 bits per heavy atom. The summed E-state index contributed by atoms with van der Waals surface area (Å²) >= 11 is 0. The minimum atomic E-state index is 0.964. The Hall–Kier alpha value is -0.520. The lowest BCUT2D eigenvalue weighted by atomic mass is 9.54. The second kappa shape index (κ2) is 3.63. The highest BCUT2D eigenvalue weighted by Crippen LogP contribution is 2.81. The average Bonchev–Trinajstić information content (AvgIpc) is 3.33. The van der Waals surface area contributed by atoms with Crippen LogP contribution in [0, 0.1) is 82.9 Å². The Morgan fingerprint density at radius 3 is 1.38 bits per heavy atom. The van der Waals surface area contributed by atoms with E-state index in [0.29, 0.717) is 0 Å². The molecule has 8 aliphatic carbocycles. The van der Waals surface area contributed by atoms with Gasteiger partial charge < -0.3 is 0 Å². The molecule has 8 aliphatic rings. The van der Waals surface area contributed by atoms with Crippen LogP contribution in [0.2, 0.25) is 0 Å². The Labute approximate surface area is 146 Å². The molecule has 0 spiro atoms. The van der Waals surface area contributed by atoms with Crippen LogP contribution in [0.5, 0.6) is 0 Å². The molecule has 0 amide bonds. The van der Waals surface area contributed by atoms with Crippen molar-refractivity contribution in [1.82, 2.24) is 0 Å². The quantitative estimate of drug-likeness (QED) is 0.427. The van der Waals surface area contributed by atoms with Crippen molar-refractivity contribution in [3.63, 3.8) is 0 Å². The summed E-state index contributed by atoms with van der Waals surface area (Å²) in [5.74, 6) is 15.5. The van der Waals surface area contributed by atoms with Gasteiger partial charge in [0.2, 0.25) is 0 Å². The first kappa shape index (κ1) is 12.8. The van der Waals surface area contributed by atoms with Gasteiger partial charge in [0.25, 0.3) is 0 Å². The molecule has 0 aromatic rings. The molecule has 0 N–H and O–H groups in total. The van der Waals surface area contributed by atoms with Crippen LogP contribution in [0.3, 0.4) is 0 Å². The summed E-state index contributed by atoms with van der Waals surface area (Å²) in [5, 5.41) is 0. The van der Waals surface area contributed by atoms with Crippen LogP contribution in [0.4, 0.5) is 0 Å². The summed E-state index contributed by atoms with van der Waals surface area (Å²) in [6, 6.07) is 0. The number of allylic oxidation sites excluding steroid dienone is 2. The van der Waals surface area contributed by atoms with Gasteiger partial charge in [0.15, 0.2) is 0 Å². The Kier molecular flexibility index (Phi) is 1.93. The van der Waals surface area contributed by atoms with Crippen molar-refractivity contribution in [3.8, 4) is 0 Å². The van der Waals surface area contributed by atoms with Crippen molar-refractivity contribution in [1.29, 1.82) is 0 Å². The normalized spacial score (nSPS) is 72.2. The lowest BCUT2D eigenvalue weighted by molar-refractivity contribution is -0.0169. The third-order valence-electron chi connectivity index (χ3n) is 11.6. The SMILES string of the molecule is C=C1C[C@H]2C[C@@H]1[C@@H]1[C@@H]3C[C@@H]([C@H]4[C@H]5C[C@@H]([C@@H]34)[C@@H]3[C@H]4CC(=C)[C@H](C4)[C@H]53)[C@H]21. The van der Waals surface area contributed by atoms with Gasteiger partial charge in [-0.15, -0.1) is 0 Å². The average molecular weight is 319 g/mol. The molecule has 8 bridgehead atoms. The van der Waals surface area contributed by atoms with E-state index in [0.717, 1.165) is 71.0 Å². The molecule has 24 heavy (non-hydrogen) atoms. The third kappa shape index (κ3) is 1.08. The first-order valence-electron chi connectivity index (χ1n) is 11.1. The topological polar surface area (TPSA) is 0 Å². The van der Waals surface area contributed by atoms with Crippen LogP contribution in [0.1, 0.15) is 38.5 Å². The molecular formula is C24H30. The maximum atomic E-state index is 4.50. The molecule has 8 saturated carbocycles. The van der Waals surface area contributed by atoms with E-state index in [-0.39, 0.29) is 0 Å². The van der Waals surface area contributed by atoms with Crippen molar-refractivity contribution in [3.05, 3.63) is 24.3 Å². The van der Waals surface area contributed by atoms with Crippen LogP contribution in [0.25, 0.3) is 0 Å². The molecule has 14 atom stereocenters. The molecule has 0 aromatic heterocycles. The van der Waals surface area contributed by atoms with Crippen molar-refractivity contribution >= 4 is 0 Å². The van der Waals surface area contributed by atoms with Gasteiger partial charge in [0.1, 0.15) is 0 Å². The molecule has 0 unspecified atom stereocenters. The zero-order valence-electron chi connectivity index (χ0n) is 14.7. The molecule has 0 aromatic carbocycles. The summed E-state index contributed by atoms with van der Waals surface area (Å²) in [6.07, 6.45) is 9.21. The van der Waals surface area contributed by atoms with Crippen molar-refractivity contribution < 1.29 is 0 Å². The van der Waals surface area contributed by atoms with E-state index in [1.54, 1.807) is 36.8 Å². The highest BCUT2D eigenvalue weighted by molar-refractivity contribution is 5.30. The minimum absolute atomic E-state index is 0.964. The fourth-order valence-electron chi connectivity index (χ4n) is 11.9. The standard InChI is InChI=1S/C24H30/c1-9-3-11-5-13(9)21-17-7-15(19(11)21)24-18-8-16(23(17)24)20-12-4-10(2)14(6-12)22(18)20/h11-24H,1-8H2/t11-,12-,13-,14-,15+,16+,17-,18-,19-,20-,21+,22+,23-,24-/m0/s1. The van der Waals surface area contributed by atoms with E-state index in [1.807, 2.05) is 0 Å². The molecule has 8 rings (SSSR count). The van der Waals surface area contributed by atoms with Crippen LogP contribution < -0.4 is 0 Å². The fourth-order valence-corrected chi connectivity index (χ4v) is 11.9. The molecule has 0 saturated heterocycles. The second-order valence-electron chi connectivity index (χ2n) is 11.5. The van der Waals surface area contributed by atoms with Gasteiger partial charge in [-0.3, -0.25) is 0 Å². The van der Waals surface area contributed by atoms with Gasteiger partial charge >= 0.3 is 0 Å². The van der Waals surface area contributed by atoms with E-state index >= 15 is 0 Å². The molecule has 8 fully saturated rings. The molecule has 0 nitrogen and oxygen atoms in total. The summed E-state index contributed by atoms with van der Waals surface area (Å²) in [4.78, 5) is 0. The zero-order valence-corrected chi connectivity index (χ0v) is 14.7. The van der Waals surface area contributed by atoms with Crippen molar-refractivity contribution in [2.75, 3.05) is 0 Å². The van der Waals surface area contributed by atoms with Gasteiger partial charge in [-0.1, -0.05) is 24.3 Å². The summed E-state index contributed by atoms with van der Waals surface area (Å²) in [5.41, 5.74) is 3.34. The van der Waals surface area contributed by atoms with Gasteiger partial charge in [-0.05, 0) is 121 Å². The Morgan fingerprint density at radius 1 is 0.500 bits per heavy atom. The first-order chi connectivity index (χ1) is 11.7. The third-order valence-corrected chi connectivity index (χ3v) is 11.6. The summed E-state index contributed by atoms with van der Waals surface area (Å²) in [7, 11) is 0. The predicted molar refractivity (Wildman–Crippen MR) is 94.8 cm³/mol. The van der Waals surface area contributed by atoms with Crippen LogP contribution in [-0.4, -0.2) is 0 Å². The number of hydrogen-bond donors (Lipinski definition) is 0. The molecule has 0 radical (unpaired) electrons. The van der Waals surface area contributed by atoms with E-state index in [1.165, 1.54) is 24.7 Å². The summed E-state index contributed by atoms with van der Waals surface area (Å²) < 4.78 is 0. The minimum Gasteiger partial charge on any atom is -0.0996 e. The lowest BCUT2D eigenvalue weighted by Gasteiger charge is -2.50. The highest BCUT2D eigenvalue weighted by Gasteiger charge is 2.75. The lowest BCUT2D eigenvalue weighted by Crippen LogP contribution is -2.46. The summed E-state index contributed by atoms with van der Waals surface area (Å²) in [6.45, 7) is 8.99. The Balaban J connectivity index is 1.23. The maximum Gasteiger partial charge on any atom is -0.0169 e. The van der Waals surface area contributed by atoms with Gasteiger partial charge in [-0.25, -0.2) is 0 Å². The van der Waals surface area contributed by atoms with E-state index in [2.05, 4.69) is 13.2 Å². The molecule has 126 valence electrons. The second-order valence-corrected chi connectivity index (χ2v) is 11.5. The van der Waals surface area contributed by atoms with Crippen LogP contribution >= 0.6 is 0 Å². The molecular weight excluding hydrogens is 288 g/mol. The monoisotopic (exact) mass is 318 g/mol. The smallest absolute Gasteiger partial charge is 0.0169 e. The maximum absolute atomic E-state index is 4.50. The van der Waals surface area contributed by atoms with Gasteiger partial charge in [-0.2, -0.15) is 0 Å². The predicted octanol–water partition coefficient (Wildman–Crippen LogP) is 5.18. The molecule has 0 aliphatic heterocycles. The van der Waals surface area contributed by atoms with Crippen molar-refractivity contribution in [2.45, 2.75) is 38.5 Å². The molecule has 0 heterocycles. The Bertz CT molecular complexity index is 641. The first-order valence-corrected chi connectivity index (χ1v) is 11.1. The zero-order chi connectivity index (χ0) is 15.5. The number of hydrogen-bond acceptors (Lipinski definition) is 0. The number of rotatable bonds is 0. The van der Waals surface area contributed by atoms with Gasteiger partial charge in [0, 0.05) is 0 Å². The fraction of sp³-hybridized carbons (Fsp3) is 0.833. The van der Waals surface area contributed by atoms with Crippen LogP contribution in [0.15, 0.2) is 24.3 Å². The highest BCUT2D eigenvalue weighted by atomic mass is 14.8. The van der Waals surface area contributed by atoms with Gasteiger partial charge in [0.05, 0.1) is 0 Å². The molecule has 0 heteroatoms. The largest absolute Gasteiger partial charge is 0.0996 e. The number of fused-ring (bicyclic) bond motifs is 23. The van der Waals surface area contributed by atoms with E-state index in [9.17, 15) is 0 Å². The van der Waals surface area contributed by atoms with Crippen molar-refractivity contribution in [2.24, 2.45) is 82.9 Å². The van der Waals surface area contributed by atoms with E-state index < -0.39 is 0 Å². The van der Waals surface area contributed by atoms with E-state index in [4.69, 9.17) is 0 Å².